The number of hydrogen-bond acceptors (Lipinski definition) is 6. The Morgan fingerprint density at radius 3 is 2.74 bits per heavy atom. The highest BCUT2D eigenvalue weighted by molar-refractivity contribution is 7.18. The highest BCUT2D eigenvalue weighted by Crippen LogP contribution is 2.27. The van der Waals surface area contributed by atoms with E-state index in [0.29, 0.717) is 42.7 Å². The number of aromatic nitrogens is 2. The van der Waals surface area contributed by atoms with Gasteiger partial charge in [-0.2, -0.15) is 0 Å². The zero-order valence-electron chi connectivity index (χ0n) is 16.7. The molecule has 1 unspecified atom stereocenters. The first-order chi connectivity index (χ1) is 12.8. The smallest absolute Gasteiger partial charge is 0.259 e. The molecule has 0 bridgehead atoms. The standard InChI is InChI=1S/C20H31N3O3S/c1-6-7-26-12-15(24)10-23(9-13(2)3)11-18-21-19(25)16-8-17(14(4)5)27-20(16)22-18/h6,8,13-15,24H,1,7,9-12H2,2-5H3,(H,21,22,25). The predicted octanol–water partition coefficient (Wildman–Crippen LogP) is 3.13. The number of aromatic amines is 1. The van der Waals surface area contributed by atoms with Gasteiger partial charge >= 0.3 is 0 Å². The van der Waals surface area contributed by atoms with Crippen LogP contribution in [0.3, 0.4) is 0 Å². The summed E-state index contributed by atoms with van der Waals surface area (Å²) in [5, 5.41) is 10.9. The fraction of sp³-hybridized carbons (Fsp3) is 0.600. The number of H-pyrrole nitrogens is 1. The van der Waals surface area contributed by atoms with Gasteiger partial charge in [-0.15, -0.1) is 17.9 Å². The molecule has 2 aromatic rings. The quantitative estimate of drug-likeness (QED) is 0.453. The molecule has 2 N–H and O–H groups in total. The van der Waals surface area contributed by atoms with Crippen molar-refractivity contribution in [3.05, 3.63) is 39.8 Å². The minimum absolute atomic E-state index is 0.0995. The normalized spacial score (nSPS) is 13.2. The van der Waals surface area contributed by atoms with Gasteiger partial charge in [0.25, 0.3) is 5.56 Å². The molecule has 0 fully saturated rings. The number of fused-ring (bicyclic) bond motifs is 1. The van der Waals surface area contributed by atoms with Gasteiger partial charge < -0.3 is 14.8 Å². The van der Waals surface area contributed by atoms with Crippen LogP contribution in [0.15, 0.2) is 23.5 Å². The molecule has 0 aliphatic heterocycles. The zero-order valence-corrected chi connectivity index (χ0v) is 17.5. The fourth-order valence-corrected chi connectivity index (χ4v) is 3.98. The Bertz CT molecular complexity index is 797. The van der Waals surface area contributed by atoms with Crippen LogP contribution in [0.2, 0.25) is 0 Å². The Kier molecular flexibility index (Phi) is 8.16. The van der Waals surface area contributed by atoms with Crippen molar-refractivity contribution < 1.29 is 9.84 Å². The molecule has 0 aliphatic rings. The lowest BCUT2D eigenvalue weighted by Crippen LogP contribution is -2.37. The molecule has 0 aromatic carbocycles. The average Bonchev–Trinajstić information content (AvgIpc) is 2.99. The predicted molar refractivity (Wildman–Crippen MR) is 111 cm³/mol. The maximum absolute atomic E-state index is 12.4. The average molecular weight is 394 g/mol. The van der Waals surface area contributed by atoms with Crippen LogP contribution >= 0.6 is 11.3 Å². The second-order valence-electron chi connectivity index (χ2n) is 7.60. The Morgan fingerprint density at radius 1 is 1.37 bits per heavy atom. The van der Waals surface area contributed by atoms with E-state index >= 15 is 0 Å². The maximum Gasteiger partial charge on any atom is 0.259 e. The minimum atomic E-state index is -0.603. The van der Waals surface area contributed by atoms with Gasteiger partial charge in [-0.1, -0.05) is 33.8 Å². The lowest BCUT2D eigenvalue weighted by molar-refractivity contribution is 0.0218. The Morgan fingerprint density at radius 2 is 2.11 bits per heavy atom. The second-order valence-corrected chi connectivity index (χ2v) is 8.67. The van der Waals surface area contributed by atoms with E-state index in [0.717, 1.165) is 16.3 Å². The van der Waals surface area contributed by atoms with Crippen molar-refractivity contribution in [3.8, 4) is 0 Å². The van der Waals surface area contributed by atoms with Gasteiger partial charge in [0.1, 0.15) is 10.7 Å². The van der Waals surface area contributed by atoms with Crippen LogP contribution < -0.4 is 5.56 Å². The monoisotopic (exact) mass is 393 g/mol. The summed E-state index contributed by atoms with van der Waals surface area (Å²) in [4.78, 5) is 24.1. The molecule has 7 heteroatoms. The maximum atomic E-state index is 12.4. The van der Waals surface area contributed by atoms with Crippen LogP contribution in [0, 0.1) is 5.92 Å². The van der Waals surface area contributed by atoms with E-state index in [-0.39, 0.29) is 12.2 Å². The van der Waals surface area contributed by atoms with Crippen molar-refractivity contribution in [2.45, 2.75) is 46.3 Å². The lowest BCUT2D eigenvalue weighted by Gasteiger charge is -2.26. The van der Waals surface area contributed by atoms with Crippen molar-refractivity contribution in [3.63, 3.8) is 0 Å². The van der Waals surface area contributed by atoms with Crippen LogP contribution in [-0.4, -0.2) is 52.4 Å². The Balaban J connectivity index is 2.15. The summed E-state index contributed by atoms with van der Waals surface area (Å²) < 4.78 is 5.34. The molecule has 1 atom stereocenters. The first kappa shape index (κ1) is 21.8. The number of aliphatic hydroxyl groups excluding tert-OH is 1. The first-order valence-electron chi connectivity index (χ1n) is 9.41. The highest BCUT2D eigenvalue weighted by atomic mass is 32.1. The third-order valence-electron chi connectivity index (χ3n) is 4.05. The number of aliphatic hydroxyl groups is 1. The molecule has 0 saturated heterocycles. The summed E-state index contributed by atoms with van der Waals surface area (Å²) >= 11 is 1.57. The third-order valence-corrected chi connectivity index (χ3v) is 5.38. The van der Waals surface area contributed by atoms with Crippen molar-refractivity contribution >= 4 is 21.6 Å². The summed E-state index contributed by atoms with van der Waals surface area (Å²) in [7, 11) is 0. The molecule has 0 aliphatic carbocycles. The van der Waals surface area contributed by atoms with Gasteiger partial charge in [0.2, 0.25) is 0 Å². The van der Waals surface area contributed by atoms with E-state index in [1.165, 1.54) is 0 Å². The van der Waals surface area contributed by atoms with E-state index < -0.39 is 6.10 Å². The molecule has 6 nitrogen and oxygen atoms in total. The van der Waals surface area contributed by atoms with Gasteiger partial charge in [0.15, 0.2) is 0 Å². The number of thiophene rings is 1. The molecular weight excluding hydrogens is 362 g/mol. The first-order valence-corrected chi connectivity index (χ1v) is 10.2. The second kappa shape index (κ2) is 10.1. The molecule has 0 amide bonds. The number of nitrogens with one attached hydrogen (secondary N) is 1. The van der Waals surface area contributed by atoms with Crippen molar-refractivity contribution in [2.75, 3.05) is 26.3 Å². The summed E-state index contributed by atoms with van der Waals surface area (Å²) in [5.41, 5.74) is -0.0995. The Hall–Kier alpha value is -1.54. The fourth-order valence-electron chi connectivity index (χ4n) is 2.92. The lowest BCUT2D eigenvalue weighted by atomic mass is 10.2. The van der Waals surface area contributed by atoms with Gasteiger partial charge in [-0.3, -0.25) is 9.69 Å². The molecule has 2 rings (SSSR count). The zero-order chi connectivity index (χ0) is 20.0. The van der Waals surface area contributed by atoms with Gasteiger partial charge in [-0.25, -0.2) is 4.98 Å². The van der Waals surface area contributed by atoms with Crippen LogP contribution in [0.4, 0.5) is 0 Å². The number of rotatable bonds is 11. The summed E-state index contributed by atoms with van der Waals surface area (Å²) in [5.74, 6) is 1.43. The van der Waals surface area contributed by atoms with Gasteiger partial charge in [0.05, 0.1) is 31.2 Å². The van der Waals surface area contributed by atoms with Crippen molar-refractivity contribution in [2.24, 2.45) is 5.92 Å². The molecule has 0 radical (unpaired) electrons. The van der Waals surface area contributed by atoms with Crippen molar-refractivity contribution in [1.29, 1.82) is 0 Å². The Labute approximate surface area is 164 Å². The van der Waals surface area contributed by atoms with Crippen LogP contribution in [0.5, 0.6) is 0 Å². The topological polar surface area (TPSA) is 78.5 Å². The van der Waals surface area contributed by atoms with Gasteiger partial charge in [-0.05, 0) is 17.9 Å². The number of ether oxygens (including phenoxy) is 1. The molecular formula is C20H31N3O3S. The number of nitrogens with zero attached hydrogens (tertiary/aromatic N) is 2. The largest absolute Gasteiger partial charge is 0.389 e. The minimum Gasteiger partial charge on any atom is -0.389 e. The van der Waals surface area contributed by atoms with E-state index in [9.17, 15) is 9.90 Å². The molecule has 150 valence electrons. The summed E-state index contributed by atoms with van der Waals surface area (Å²) in [6.45, 7) is 14.5. The summed E-state index contributed by atoms with van der Waals surface area (Å²) in [6.07, 6.45) is 1.06. The molecule has 0 saturated carbocycles. The van der Waals surface area contributed by atoms with E-state index in [4.69, 9.17) is 4.74 Å². The van der Waals surface area contributed by atoms with Crippen LogP contribution in [0.25, 0.3) is 10.2 Å². The van der Waals surface area contributed by atoms with Crippen LogP contribution in [0.1, 0.15) is 44.3 Å². The van der Waals surface area contributed by atoms with E-state index in [1.807, 2.05) is 6.07 Å². The van der Waals surface area contributed by atoms with E-state index in [2.05, 4.69) is 49.1 Å². The molecule has 27 heavy (non-hydrogen) atoms. The highest BCUT2D eigenvalue weighted by Gasteiger charge is 2.17. The van der Waals surface area contributed by atoms with Gasteiger partial charge in [0, 0.05) is 18.0 Å². The SMILES string of the molecule is C=CCOCC(O)CN(Cc1nc2sc(C(C)C)cc2c(=O)[nH]1)CC(C)C. The van der Waals surface area contributed by atoms with Crippen molar-refractivity contribution in [1.82, 2.24) is 14.9 Å². The van der Waals surface area contributed by atoms with Crippen LogP contribution in [-0.2, 0) is 11.3 Å². The molecule has 2 aromatic heterocycles. The molecule has 2 heterocycles. The number of hydrogen-bond donors (Lipinski definition) is 2. The van der Waals surface area contributed by atoms with E-state index in [1.54, 1.807) is 17.4 Å². The third kappa shape index (κ3) is 6.53. The summed E-state index contributed by atoms with van der Waals surface area (Å²) in [6, 6.07) is 1.94. The molecule has 0 spiro atoms.